The summed E-state index contributed by atoms with van der Waals surface area (Å²) < 4.78 is 12.6. The summed E-state index contributed by atoms with van der Waals surface area (Å²) >= 11 is 0. The summed E-state index contributed by atoms with van der Waals surface area (Å²) in [5.41, 5.74) is 1.40. The van der Waals surface area contributed by atoms with Crippen LogP contribution in [0.1, 0.15) is 49.5 Å². The largest absolute Gasteiger partial charge is 0.478 e. The predicted molar refractivity (Wildman–Crippen MR) is 87.2 cm³/mol. The van der Waals surface area contributed by atoms with E-state index < -0.39 is 5.97 Å². The molecule has 0 radical (unpaired) electrons. The first-order valence-electron chi connectivity index (χ1n) is 8.46. The Labute approximate surface area is 137 Å². The number of rotatable bonds is 3. The van der Waals surface area contributed by atoms with E-state index in [0.717, 1.165) is 17.9 Å². The highest BCUT2D eigenvalue weighted by Crippen LogP contribution is 2.65. The number of hydrogen-bond acceptors (Lipinski definition) is 3. The number of carboxylic acid groups (broad SMARTS) is 1. The molecule has 3 saturated carbocycles. The highest BCUT2D eigenvalue weighted by molar-refractivity contribution is 6.44. The van der Waals surface area contributed by atoms with Crippen LogP contribution < -0.4 is 0 Å². The lowest BCUT2D eigenvalue weighted by Gasteiger charge is -2.64. The van der Waals surface area contributed by atoms with E-state index in [4.69, 9.17) is 14.4 Å². The summed E-state index contributed by atoms with van der Waals surface area (Å²) in [4.78, 5) is 11.1. The monoisotopic (exact) mass is 314 g/mol. The lowest BCUT2D eigenvalue weighted by molar-refractivity contribution is -0.199. The third-order valence-electron chi connectivity index (χ3n) is 6.58. The van der Waals surface area contributed by atoms with Gasteiger partial charge in [-0.1, -0.05) is 26.0 Å². The van der Waals surface area contributed by atoms with Gasteiger partial charge in [-0.15, -0.1) is 0 Å². The van der Waals surface area contributed by atoms with Crippen molar-refractivity contribution in [3.05, 3.63) is 35.4 Å². The van der Waals surface area contributed by atoms with Crippen LogP contribution in [0.25, 0.3) is 0 Å². The maximum Gasteiger partial charge on any atom is 0.462 e. The van der Waals surface area contributed by atoms with Crippen molar-refractivity contribution in [2.24, 2.45) is 17.3 Å². The molecule has 1 aliphatic heterocycles. The highest BCUT2D eigenvalue weighted by atomic mass is 16.7. The average molecular weight is 314 g/mol. The second kappa shape index (κ2) is 4.84. The highest BCUT2D eigenvalue weighted by Gasteiger charge is 2.67. The summed E-state index contributed by atoms with van der Waals surface area (Å²) in [6.07, 6.45) is 3.09. The molecule has 122 valence electrons. The Morgan fingerprint density at radius 2 is 2.13 bits per heavy atom. The van der Waals surface area contributed by atoms with Crippen LogP contribution >= 0.6 is 0 Å². The first-order valence-corrected chi connectivity index (χ1v) is 8.46. The molecule has 1 aromatic rings. The van der Waals surface area contributed by atoms with E-state index in [2.05, 4.69) is 20.8 Å². The molecule has 1 heterocycles. The van der Waals surface area contributed by atoms with E-state index in [1.54, 1.807) is 18.2 Å². The molecule has 23 heavy (non-hydrogen) atoms. The van der Waals surface area contributed by atoms with Gasteiger partial charge in [-0.2, -0.15) is 0 Å². The summed E-state index contributed by atoms with van der Waals surface area (Å²) in [7, 11) is -0.274. The molecule has 5 rings (SSSR count). The Morgan fingerprint density at radius 1 is 1.35 bits per heavy atom. The third-order valence-corrected chi connectivity index (χ3v) is 6.58. The van der Waals surface area contributed by atoms with Crippen molar-refractivity contribution < 1.29 is 19.2 Å². The van der Waals surface area contributed by atoms with Crippen LogP contribution in [0.3, 0.4) is 0 Å². The first-order chi connectivity index (χ1) is 10.8. The molecule has 1 saturated heterocycles. The first kappa shape index (κ1) is 15.2. The van der Waals surface area contributed by atoms with Crippen LogP contribution in [-0.2, 0) is 15.6 Å². The Kier molecular flexibility index (Phi) is 3.20. The Bertz CT molecular complexity index is 658. The summed E-state index contributed by atoms with van der Waals surface area (Å²) in [5.74, 6) is 0.390. The van der Waals surface area contributed by atoms with Crippen LogP contribution in [0.5, 0.6) is 0 Å². The van der Waals surface area contributed by atoms with Gasteiger partial charge in [0.25, 0.3) is 0 Å². The molecule has 3 aliphatic carbocycles. The SMILES string of the molecule is CC1(C)[C@@H]2C[C@H]3OB(Cc4cccc(C(=O)O)c4)O[C@@]3(C)[C@H]1C2. The Balaban J connectivity index is 1.51. The second-order valence-corrected chi connectivity index (χ2v) is 8.11. The summed E-state index contributed by atoms with van der Waals surface area (Å²) in [6.45, 7) is 6.90. The van der Waals surface area contributed by atoms with Crippen molar-refractivity contribution in [3.63, 3.8) is 0 Å². The van der Waals surface area contributed by atoms with Gasteiger partial charge in [-0.05, 0) is 54.7 Å². The zero-order valence-electron chi connectivity index (χ0n) is 13.9. The number of aromatic carboxylic acids is 1. The number of carbonyl (C=O) groups is 1. The van der Waals surface area contributed by atoms with Crippen LogP contribution in [0.2, 0.25) is 0 Å². The third kappa shape index (κ3) is 2.17. The molecule has 0 spiro atoms. The number of benzene rings is 1. The lowest BCUT2D eigenvalue weighted by atomic mass is 9.43. The van der Waals surface area contributed by atoms with Crippen molar-refractivity contribution in [1.29, 1.82) is 0 Å². The van der Waals surface area contributed by atoms with Gasteiger partial charge in [0.05, 0.1) is 17.3 Å². The van der Waals surface area contributed by atoms with E-state index >= 15 is 0 Å². The van der Waals surface area contributed by atoms with Crippen molar-refractivity contribution in [3.8, 4) is 0 Å². The minimum absolute atomic E-state index is 0.173. The quantitative estimate of drug-likeness (QED) is 0.871. The molecule has 0 aromatic heterocycles. The topological polar surface area (TPSA) is 55.8 Å². The van der Waals surface area contributed by atoms with Crippen molar-refractivity contribution in [1.82, 2.24) is 0 Å². The van der Waals surface area contributed by atoms with E-state index in [-0.39, 0.29) is 18.8 Å². The zero-order chi connectivity index (χ0) is 16.4. The maximum atomic E-state index is 11.1. The molecule has 0 amide bonds. The smallest absolute Gasteiger partial charge is 0.462 e. The van der Waals surface area contributed by atoms with E-state index in [0.29, 0.717) is 23.2 Å². The number of hydrogen-bond donors (Lipinski definition) is 1. The van der Waals surface area contributed by atoms with Crippen molar-refractivity contribution >= 4 is 13.1 Å². The summed E-state index contributed by atoms with van der Waals surface area (Å²) in [5, 5.41) is 9.12. The number of carboxylic acids is 1. The predicted octanol–water partition coefficient (Wildman–Crippen LogP) is 3.19. The maximum absolute atomic E-state index is 11.1. The molecule has 5 heteroatoms. The van der Waals surface area contributed by atoms with E-state index in [1.165, 1.54) is 6.42 Å². The molecule has 4 aliphatic rings. The van der Waals surface area contributed by atoms with Gasteiger partial charge < -0.3 is 14.4 Å². The van der Waals surface area contributed by atoms with Crippen LogP contribution in [0.4, 0.5) is 0 Å². The molecule has 4 fully saturated rings. The molecular formula is C18H23BO4. The van der Waals surface area contributed by atoms with Crippen molar-refractivity contribution in [2.75, 3.05) is 0 Å². The van der Waals surface area contributed by atoms with Gasteiger partial charge in [-0.3, -0.25) is 0 Å². The Morgan fingerprint density at radius 3 is 2.83 bits per heavy atom. The van der Waals surface area contributed by atoms with Gasteiger partial charge in [-0.25, -0.2) is 4.79 Å². The van der Waals surface area contributed by atoms with Crippen LogP contribution in [-0.4, -0.2) is 29.9 Å². The average Bonchev–Trinajstić information content (AvgIpc) is 2.82. The van der Waals surface area contributed by atoms with Gasteiger partial charge in [0.2, 0.25) is 0 Å². The molecule has 0 unspecified atom stereocenters. The van der Waals surface area contributed by atoms with Crippen LogP contribution in [0, 0.1) is 17.3 Å². The zero-order valence-corrected chi connectivity index (χ0v) is 13.9. The second-order valence-electron chi connectivity index (χ2n) is 8.11. The van der Waals surface area contributed by atoms with E-state index in [9.17, 15) is 4.79 Å². The minimum atomic E-state index is -0.900. The molecule has 2 bridgehead atoms. The molecule has 1 aromatic carbocycles. The fraction of sp³-hybridized carbons (Fsp3) is 0.611. The molecular weight excluding hydrogens is 291 g/mol. The van der Waals surface area contributed by atoms with Gasteiger partial charge in [0.1, 0.15) is 0 Å². The van der Waals surface area contributed by atoms with Gasteiger partial charge >= 0.3 is 13.1 Å². The standard InChI is InChI=1S/C18H23BO4/c1-17(2)13-8-14(17)18(3)15(9-13)22-19(23-18)10-11-5-4-6-12(7-11)16(20)21/h4-7,13-15H,8-10H2,1-3H3,(H,20,21)/t13-,14-,15+,18-/m0/s1. The normalized spacial score (nSPS) is 37.2. The van der Waals surface area contributed by atoms with Gasteiger partial charge in [0, 0.05) is 6.32 Å². The van der Waals surface area contributed by atoms with Gasteiger partial charge in [0.15, 0.2) is 0 Å². The molecule has 4 atom stereocenters. The van der Waals surface area contributed by atoms with E-state index in [1.807, 2.05) is 6.07 Å². The summed E-state index contributed by atoms with van der Waals surface area (Å²) in [6, 6.07) is 7.04. The fourth-order valence-electron chi connectivity index (χ4n) is 5.06. The fourth-order valence-corrected chi connectivity index (χ4v) is 5.06. The minimum Gasteiger partial charge on any atom is -0.478 e. The Hall–Kier alpha value is -1.33. The molecule has 1 N–H and O–H groups in total. The van der Waals surface area contributed by atoms with Crippen molar-refractivity contribution in [2.45, 2.75) is 51.6 Å². The molecule has 4 nitrogen and oxygen atoms in total. The lowest BCUT2D eigenvalue weighted by Crippen LogP contribution is -2.65. The van der Waals surface area contributed by atoms with Crippen LogP contribution in [0.15, 0.2) is 24.3 Å².